The number of hydrogen-bond acceptors (Lipinski definition) is 4. The van der Waals surface area contributed by atoms with Crippen LogP contribution in [0.4, 0.5) is 11.5 Å². The smallest absolute Gasteiger partial charge is 0.163 e. The van der Waals surface area contributed by atoms with Crippen LogP contribution in [0.15, 0.2) is 42.6 Å². The zero-order chi connectivity index (χ0) is 14.8. The van der Waals surface area contributed by atoms with Crippen molar-refractivity contribution in [3.8, 4) is 11.4 Å². The molecule has 0 aliphatic carbocycles. The van der Waals surface area contributed by atoms with E-state index in [1.807, 2.05) is 50.5 Å². The van der Waals surface area contributed by atoms with Gasteiger partial charge in [0.2, 0.25) is 0 Å². The monoisotopic (exact) mass is 299 g/mol. The van der Waals surface area contributed by atoms with Gasteiger partial charge in [0.25, 0.3) is 0 Å². The molecule has 0 unspecified atom stereocenters. The zero-order valence-electron chi connectivity index (χ0n) is 11.7. The lowest BCUT2D eigenvalue weighted by Gasteiger charge is -2.07. The minimum atomic E-state index is 0.396. The number of hydrogen-bond donors (Lipinski definition) is 1. The molecular weight excluding hydrogens is 286 g/mol. The van der Waals surface area contributed by atoms with Gasteiger partial charge in [0.1, 0.15) is 11.0 Å². The maximum atomic E-state index is 6.10. The second-order valence-electron chi connectivity index (χ2n) is 4.69. The van der Waals surface area contributed by atoms with E-state index in [0.717, 1.165) is 16.9 Å². The summed E-state index contributed by atoms with van der Waals surface area (Å²) in [4.78, 5) is 8.77. The van der Waals surface area contributed by atoms with Gasteiger partial charge in [-0.15, -0.1) is 0 Å². The minimum Gasteiger partial charge on any atom is -0.337 e. The normalized spacial score (nSPS) is 10.6. The number of benzene rings is 1. The summed E-state index contributed by atoms with van der Waals surface area (Å²) in [5, 5.41) is 7.91. The predicted molar refractivity (Wildman–Crippen MR) is 83.7 cm³/mol. The van der Waals surface area contributed by atoms with Gasteiger partial charge in [0.05, 0.1) is 11.4 Å². The Morgan fingerprint density at radius 2 is 1.90 bits per heavy atom. The lowest BCUT2D eigenvalue weighted by Crippen LogP contribution is -1.98. The molecule has 0 amide bonds. The third-order valence-corrected chi connectivity index (χ3v) is 3.20. The maximum absolute atomic E-state index is 6.10. The van der Waals surface area contributed by atoms with Gasteiger partial charge in [-0.3, -0.25) is 4.68 Å². The molecule has 0 spiro atoms. The minimum absolute atomic E-state index is 0.396. The maximum Gasteiger partial charge on any atom is 0.163 e. The van der Waals surface area contributed by atoms with Gasteiger partial charge in [-0.1, -0.05) is 41.9 Å². The highest BCUT2D eigenvalue weighted by Gasteiger charge is 2.08. The quantitative estimate of drug-likeness (QED) is 0.751. The van der Waals surface area contributed by atoms with E-state index in [2.05, 4.69) is 20.4 Å². The fraction of sp³-hybridized carbons (Fsp3) is 0.133. The molecule has 2 heterocycles. The Labute approximate surface area is 127 Å². The molecule has 0 bridgehead atoms. The summed E-state index contributed by atoms with van der Waals surface area (Å²) in [5.74, 6) is 1.23. The number of anilines is 2. The zero-order valence-corrected chi connectivity index (χ0v) is 12.5. The Morgan fingerprint density at radius 3 is 2.57 bits per heavy atom. The van der Waals surface area contributed by atoms with E-state index in [-0.39, 0.29) is 0 Å². The van der Waals surface area contributed by atoms with Gasteiger partial charge >= 0.3 is 0 Å². The SMILES string of the molecule is Cc1nn(C)cc1Nc1cc(Cl)nc(-c2ccccc2)n1. The number of nitrogens with zero attached hydrogens (tertiary/aromatic N) is 4. The first kappa shape index (κ1) is 13.6. The number of aryl methyl sites for hydroxylation is 2. The van der Waals surface area contributed by atoms with E-state index < -0.39 is 0 Å². The average Bonchev–Trinajstić information content (AvgIpc) is 2.77. The van der Waals surface area contributed by atoms with E-state index in [4.69, 9.17) is 11.6 Å². The standard InChI is InChI=1S/C15H14ClN5/c1-10-12(9-21(2)20-10)17-14-8-13(16)18-15(19-14)11-6-4-3-5-7-11/h3-9H,1-2H3,(H,17,18,19). The van der Waals surface area contributed by atoms with Crippen LogP contribution in [0.25, 0.3) is 11.4 Å². The Kier molecular flexibility index (Phi) is 3.58. The van der Waals surface area contributed by atoms with E-state index in [0.29, 0.717) is 16.8 Å². The summed E-state index contributed by atoms with van der Waals surface area (Å²) < 4.78 is 1.75. The molecule has 0 atom stereocenters. The highest BCUT2D eigenvalue weighted by molar-refractivity contribution is 6.29. The Balaban J connectivity index is 1.97. The first-order valence-electron chi connectivity index (χ1n) is 6.49. The fourth-order valence-corrected chi connectivity index (χ4v) is 2.24. The Bertz CT molecular complexity index is 767. The fourth-order valence-electron chi connectivity index (χ4n) is 2.06. The summed E-state index contributed by atoms with van der Waals surface area (Å²) in [6.07, 6.45) is 1.90. The first-order chi connectivity index (χ1) is 10.1. The molecule has 0 aliphatic rings. The highest BCUT2D eigenvalue weighted by Crippen LogP contribution is 2.23. The lowest BCUT2D eigenvalue weighted by molar-refractivity contribution is 0.756. The summed E-state index contributed by atoms with van der Waals surface area (Å²) in [6, 6.07) is 11.4. The largest absolute Gasteiger partial charge is 0.337 e. The van der Waals surface area contributed by atoms with E-state index >= 15 is 0 Å². The molecule has 21 heavy (non-hydrogen) atoms. The molecule has 1 aromatic carbocycles. The van der Waals surface area contributed by atoms with Crippen molar-refractivity contribution in [3.63, 3.8) is 0 Å². The van der Waals surface area contributed by atoms with Crippen molar-refractivity contribution in [1.82, 2.24) is 19.7 Å². The molecular formula is C15H14ClN5. The van der Waals surface area contributed by atoms with Gasteiger partial charge < -0.3 is 5.32 Å². The molecule has 0 radical (unpaired) electrons. The molecule has 6 heteroatoms. The number of halogens is 1. The molecule has 3 rings (SSSR count). The summed E-state index contributed by atoms with van der Waals surface area (Å²) >= 11 is 6.10. The number of nitrogens with one attached hydrogen (secondary N) is 1. The molecule has 5 nitrogen and oxygen atoms in total. The van der Waals surface area contributed by atoms with Crippen LogP contribution in [-0.2, 0) is 7.05 Å². The van der Waals surface area contributed by atoms with Gasteiger partial charge in [0.15, 0.2) is 5.82 Å². The molecule has 0 saturated heterocycles. The van der Waals surface area contributed by atoms with Crippen LogP contribution in [-0.4, -0.2) is 19.7 Å². The lowest BCUT2D eigenvalue weighted by atomic mass is 10.2. The van der Waals surface area contributed by atoms with Crippen molar-refractivity contribution in [3.05, 3.63) is 53.4 Å². The van der Waals surface area contributed by atoms with Crippen LogP contribution in [0.1, 0.15) is 5.69 Å². The van der Waals surface area contributed by atoms with E-state index in [1.165, 1.54) is 0 Å². The van der Waals surface area contributed by atoms with Crippen molar-refractivity contribution in [2.45, 2.75) is 6.92 Å². The number of rotatable bonds is 3. The molecule has 2 aromatic heterocycles. The predicted octanol–water partition coefficient (Wildman–Crippen LogP) is 3.58. The van der Waals surface area contributed by atoms with Crippen LogP contribution in [0, 0.1) is 6.92 Å². The van der Waals surface area contributed by atoms with Gasteiger partial charge in [-0.25, -0.2) is 9.97 Å². The van der Waals surface area contributed by atoms with Gasteiger partial charge in [-0.2, -0.15) is 5.10 Å². The first-order valence-corrected chi connectivity index (χ1v) is 6.87. The van der Waals surface area contributed by atoms with E-state index in [9.17, 15) is 0 Å². The molecule has 0 aliphatic heterocycles. The van der Waals surface area contributed by atoms with Crippen molar-refractivity contribution in [1.29, 1.82) is 0 Å². The van der Waals surface area contributed by atoms with Crippen molar-refractivity contribution < 1.29 is 0 Å². The van der Waals surface area contributed by atoms with Gasteiger partial charge in [-0.05, 0) is 6.92 Å². The Morgan fingerprint density at radius 1 is 1.14 bits per heavy atom. The highest BCUT2D eigenvalue weighted by atomic mass is 35.5. The Hall–Kier alpha value is -2.40. The molecule has 0 fully saturated rings. The van der Waals surface area contributed by atoms with Crippen LogP contribution in [0.5, 0.6) is 0 Å². The second-order valence-corrected chi connectivity index (χ2v) is 5.08. The van der Waals surface area contributed by atoms with Crippen molar-refractivity contribution >= 4 is 23.1 Å². The molecule has 0 saturated carbocycles. The molecule has 106 valence electrons. The van der Waals surface area contributed by atoms with Crippen molar-refractivity contribution in [2.75, 3.05) is 5.32 Å². The summed E-state index contributed by atoms with van der Waals surface area (Å²) in [6.45, 7) is 1.93. The summed E-state index contributed by atoms with van der Waals surface area (Å²) in [5.41, 5.74) is 2.71. The molecule has 3 aromatic rings. The van der Waals surface area contributed by atoms with E-state index in [1.54, 1.807) is 10.7 Å². The third kappa shape index (κ3) is 3.03. The van der Waals surface area contributed by atoms with Gasteiger partial charge in [0, 0.05) is 24.9 Å². The summed E-state index contributed by atoms with van der Waals surface area (Å²) in [7, 11) is 1.88. The third-order valence-electron chi connectivity index (χ3n) is 3.00. The average molecular weight is 300 g/mol. The number of aromatic nitrogens is 4. The molecule has 1 N–H and O–H groups in total. The van der Waals surface area contributed by atoms with Crippen LogP contribution in [0.3, 0.4) is 0 Å². The topological polar surface area (TPSA) is 55.6 Å². The van der Waals surface area contributed by atoms with Crippen LogP contribution >= 0.6 is 11.6 Å². The second kappa shape index (κ2) is 5.54. The van der Waals surface area contributed by atoms with Crippen molar-refractivity contribution in [2.24, 2.45) is 7.05 Å². The van der Waals surface area contributed by atoms with Crippen LogP contribution < -0.4 is 5.32 Å². The van der Waals surface area contributed by atoms with Crippen LogP contribution in [0.2, 0.25) is 5.15 Å².